The number of carbonyl (C=O) groups is 2. The Morgan fingerprint density at radius 2 is 2.18 bits per heavy atom. The molecular weight excluding hydrogens is 364 g/mol. The van der Waals surface area contributed by atoms with Gasteiger partial charge in [0.15, 0.2) is 0 Å². The van der Waals surface area contributed by atoms with Gasteiger partial charge in [-0.05, 0) is 24.5 Å². The van der Waals surface area contributed by atoms with Crippen LogP contribution in [0.3, 0.4) is 0 Å². The number of halogens is 2. The van der Waals surface area contributed by atoms with Crippen molar-refractivity contribution in [2.24, 2.45) is 0 Å². The van der Waals surface area contributed by atoms with Crippen LogP contribution in [0.4, 0.5) is 8.78 Å². The van der Waals surface area contributed by atoms with E-state index in [9.17, 15) is 18.4 Å². The lowest BCUT2D eigenvalue weighted by atomic mass is 9.90. The first kappa shape index (κ1) is 18.5. The number of para-hydroxylation sites is 1. The number of allylic oxidation sites excluding steroid dienone is 2. The maximum Gasteiger partial charge on any atom is 0.252 e. The molecule has 0 radical (unpaired) electrons. The highest BCUT2D eigenvalue weighted by molar-refractivity contribution is 5.99. The summed E-state index contributed by atoms with van der Waals surface area (Å²) < 4.78 is 26.9. The summed E-state index contributed by atoms with van der Waals surface area (Å²) in [6.45, 7) is 0.379. The van der Waals surface area contributed by atoms with Gasteiger partial charge in [-0.25, -0.2) is 8.78 Å². The first-order chi connectivity index (χ1) is 13.4. The van der Waals surface area contributed by atoms with E-state index in [-0.39, 0.29) is 30.7 Å². The number of amides is 2. The first-order valence-electron chi connectivity index (χ1n) is 9.45. The fourth-order valence-corrected chi connectivity index (χ4v) is 3.73. The van der Waals surface area contributed by atoms with Crippen LogP contribution in [0.25, 0.3) is 16.5 Å². The second-order valence-electron chi connectivity index (χ2n) is 7.40. The Kier molecular flexibility index (Phi) is 4.83. The van der Waals surface area contributed by atoms with E-state index < -0.39 is 5.92 Å². The molecule has 2 amide bonds. The number of nitrogens with one attached hydrogen (secondary N) is 2. The van der Waals surface area contributed by atoms with Gasteiger partial charge in [-0.15, -0.1) is 0 Å². The molecule has 0 saturated carbocycles. The minimum atomic E-state index is -2.63. The predicted octanol–water partition coefficient (Wildman–Crippen LogP) is 3.45. The molecule has 1 aromatic carbocycles. The minimum absolute atomic E-state index is 0.00827. The van der Waals surface area contributed by atoms with Crippen LogP contribution < -0.4 is 10.6 Å². The molecule has 2 aromatic rings. The summed E-state index contributed by atoms with van der Waals surface area (Å²) >= 11 is 0. The lowest BCUT2D eigenvalue weighted by Gasteiger charge is -2.22. The predicted molar refractivity (Wildman–Crippen MR) is 102 cm³/mol. The molecule has 2 N–H and O–H groups in total. The summed E-state index contributed by atoms with van der Waals surface area (Å²) in [7, 11) is 0. The molecule has 2 heterocycles. The van der Waals surface area contributed by atoms with Crippen molar-refractivity contribution in [2.75, 3.05) is 6.54 Å². The van der Waals surface area contributed by atoms with Gasteiger partial charge in [0.05, 0.1) is 11.1 Å². The highest BCUT2D eigenvalue weighted by atomic mass is 19.3. The highest BCUT2D eigenvalue weighted by Crippen LogP contribution is 2.37. The second kappa shape index (κ2) is 7.30. The third-order valence-electron chi connectivity index (χ3n) is 5.32. The molecule has 1 saturated heterocycles. The van der Waals surface area contributed by atoms with Crippen LogP contribution in [0.5, 0.6) is 0 Å². The van der Waals surface area contributed by atoms with E-state index in [4.69, 9.17) is 0 Å². The molecule has 1 aromatic heterocycles. The van der Waals surface area contributed by atoms with Crippen LogP contribution in [0.1, 0.15) is 48.0 Å². The van der Waals surface area contributed by atoms with Gasteiger partial charge in [0.1, 0.15) is 0 Å². The number of nitrogens with zero attached hydrogens (tertiary/aromatic N) is 1. The van der Waals surface area contributed by atoms with Gasteiger partial charge in [-0.3, -0.25) is 14.6 Å². The van der Waals surface area contributed by atoms with Gasteiger partial charge >= 0.3 is 0 Å². The van der Waals surface area contributed by atoms with E-state index in [1.807, 2.05) is 18.2 Å². The molecule has 0 spiro atoms. The van der Waals surface area contributed by atoms with Crippen molar-refractivity contribution in [3.8, 4) is 0 Å². The molecule has 1 fully saturated rings. The fraction of sp³-hybridized carbons (Fsp3) is 0.381. The number of alkyl halides is 2. The highest BCUT2D eigenvalue weighted by Gasteiger charge is 2.31. The monoisotopic (exact) mass is 385 g/mol. The van der Waals surface area contributed by atoms with Crippen LogP contribution in [0.2, 0.25) is 0 Å². The number of aromatic nitrogens is 1. The van der Waals surface area contributed by atoms with Gasteiger partial charge in [0.25, 0.3) is 11.8 Å². The Morgan fingerprint density at radius 3 is 2.89 bits per heavy atom. The normalized spacial score (nSPS) is 21.3. The Bertz CT molecular complexity index is 971. The van der Waals surface area contributed by atoms with Gasteiger partial charge in [0, 0.05) is 49.0 Å². The first-order valence-corrected chi connectivity index (χ1v) is 9.45. The molecule has 7 heteroatoms. The van der Waals surface area contributed by atoms with E-state index in [2.05, 4.69) is 15.6 Å². The summed E-state index contributed by atoms with van der Waals surface area (Å²) in [6.07, 6.45) is 4.20. The summed E-state index contributed by atoms with van der Waals surface area (Å²) in [4.78, 5) is 28.1. The molecule has 4 rings (SSSR count). The molecule has 28 heavy (non-hydrogen) atoms. The summed E-state index contributed by atoms with van der Waals surface area (Å²) in [5, 5.41) is 6.43. The maximum absolute atomic E-state index is 13.4. The largest absolute Gasteiger partial charge is 0.352 e. The minimum Gasteiger partial charge on any atom is -0.352 e. The Labute approximate surface area is 161 Å². The average molecular weight is 385 g/mol. The van der Waals surface area contributed by atoms with Gasteiger partial charge in [-0.1, -0.05) is 24.3 Å². The average Bonchev–Trinajstić information content (AvgIpc) is 3.10. The molecule has 5 nitrogen and oxygen atoms in total. The number of benzene rings is 1. The van der Waals surface area contributed by atoms with Crippen LogP contribution in [0.15, 0.2) is 36.5 Å². The summed E-state index contributed by atoms with van der Waals surface area (Å²) in [6, 6.07) is 7.31. The lowest BCUT2D eigenvalue weighted by Crippen LogP contribution is -2.38. The van der Waals surface area contributed by atoms with Gasteiger partial charge < -0.3 is 10.6 Å². The quantitative estimate of drug-likeness (QED) is 0.847. The van der Waals surface area contributed by atoms with Crippen molar-refractivity contribution in [3.05, 3.63) is 47.7 Å². The van der Waals surface area contributed by atoms with Crippen molar-refractivity contribution >= 4 is 28.3 Å². The number of carbonyl (C=O) groups excluding carboxylic acids is 2. The fourth-order valence-electron chi connectivity index (χ4n) is 3.73. The number of fused-ring (bicyclic) bond motifs is 1. The van der Waals surface area contributed by atoms with E-state index in [0.717, 1.165) is 16.5 Å². The molecule has 1 aliphatic carbocycles. The Balaban J connectivity index is 1.52. The number of pyridine rings is 1. The maximum atomic E-state index is 13.4. The van der Waals surface area contributed by atoms with Crippen LogP contribution in [0, 0.1) is 0 Å². The molecule has 0 bridgehead atoms. The van der Waals surface area contributed by atoms with Crippen molar-refractivity contribution in [1.29, 1.82) is 0 Å². The molecule has 1 atom stereocenters. The van der Waals surface area contributed by atoms with Crippen molar-refractivity contribution in [2.45, 2.75) is 44.1 Å². The van der Waals surface area contributed by atoms with Crippen molar-refractivity contribution < 1.29 is 18.4 Å². The van der Waals surface area contributed by atoms with E-state index in [0.29, 0.717) is 36.9 Å². The van der Waals surface area contributed by atoms with Crippen molar-refractivity contribution in [3.63, 3.8) is 0 Å². The zero-order valence-corrected chi connectivity index (χ0v) is 15.3. The molecule has 146 valence electrons. The third-order valence-corrected chi connectivity index (χ3v) is 5.32. The standard InChI is InChI=1S/C21H21F2N3O2/c22-21(23)8-6-13(7-9-21)17-3-1-2-14-10-15(11-24-19(14)17)20(28)25-12-16-4-5-18(27)26-16/h1-3,6,10-11,16H,4-5,7-9,12H2,(H,25,28)(H,26,27). The van der Waals surface area contributed by atoms with E-state index >= 15 is 0 Å². The SMILES string of the molecule is O=C1CCC(CNC(=O)c2cnc3c(C4=CCC(F)(F)CC4)cccc3c2)N1. The summed E-state index contributed by atoms with van der Waals surface area (Å²) in [5.41, 5.74) is 2.85. The van der Waals surface area contributed by atoms with Crippen molar-refractivity contribution in [1.82, 2.24) is 15.6 Å². The van der Waals surface area contributed by atoms with Crippen LogP contribution >= 0.6 is 0 Å². The zero-order chi connectivity index (χ0) is 19.7. The summed E-state index contributed by atoms with van der Waals surface area (Å²) in [5.74, 6) is -2.88. The van der Waals surface area contributed by atoms with Gasteiger partial charge in [-0.2, -0.15) is 0 Å². The second-order valence-corrected chi connectivity index (χ2v) is 7.40. The number of rotatable bonds is 4. The van der Waals surface area contributed by atoms with Crippen LogP contribution in [-0.2, 0) is 4.79 Å². The van der Waals surface area contributed by atoms with Gasteiger partial charge in [0.2, 0.25) is 5.91 Å². The van der Waals surface area contributed by atoms with Crippen LogP contribution in [-0.4, -0.2) is 35.3 Å². The number of hydrogen-bond acceptors (Lipinski definition) is 3. The third kappa shape index (κ3) is 3.88. The van der Waals surface area contributed by atoms with E-state index in [1.165, 1.54) is 6.20 Å². The zero-order valence-electron chi connectivity index (χ0n) is 15.3. The molecule has 1 aliphatic heterocycles. The topological polar surface area (TPSA) is 71.1 Å². The number of hydrogen-bond donors (Lipinski definition) is 2. The molecule has 2 aliphatic rings. The Morgan fingerprint density at radius 1 is 1.32 bits per heavy atom. The molecule has 1 unspecified atom stereocenters. The Hall–Kier alpha value is -2.83. The lowest BCUT2D eigenvalue weighted by molar-refractivity contribution is -0.119. The smallest absolute Gasteiger partial charge is 0.252 e. The van der Waals surface area contributed by atoms with E-state index in [1.54, 1.807) is 12.1 Å². The molecular formula is C21H21F2N3O2.